The van der Waals surface area contributed by atoms with Gasteiger partial charge >= 0.3 is 0 Å². The van der Waals surface area contributed by atoms with Gasteiger partial charge in [-0.15, -0.1) is 0 Å². The van der Waals surface area contributed by atoms with E-state index in [-0.39, 0.29) is 30.0 Å². The lowest BCUT2D eigenvalue weighted by Gasteiger charge is -2.26. The molecule has 1 aromatic heterocycles. The van der Waals surface area contributed by atoms with Gasteiger partial charge in [-0.1, -0.05) is 23.2 Å². The predicted octanol–water partition coefficient (Wildman–Crippen LogP) is 3.21. The summed E-state index contributed by atoms with van der Waals surface area (Å²) in [7, 11) is -3.06. The van der Waals surface area contributed by atoms with Gasteiger partial charge in [0.15, 0.2) is 9.84 Å². The van der Waals surface area contributed by atoms with Crippen LogP contribution in [-0.2, 0) is 21.2 Å². The summed E-state index contributed by atoms with van der Waals surface area (Å²) in [6.07, 6.45) is 2.05. The standard InChI is InChI=1S/C17H18Cl2N2O4S/c18-15-4-3-12(8-16(15)19)20-17(22)10-21(9-14-2-1-6-25-14)13-5-7-26(23,24)11-13/h1-4,6,8,13H,5,7,9-11H2,(H,20,22). The number of amides is 1. The van der Waals surface area contributed by atoms with Gasteiger partial charge in [0.1, 0.15) is 5.76 Å². The molecule has 1 unspecified atom stereocenters. The average molecular weight is 417 g/mol. The number of rotatable bonds is 6. The highest BCUT2D eigenvalue weighted by molar-refractivity contribution is 7.91. The molecule has 0 saturated carbocycles. The molecule has 1 aliphatic heterocycles. The monoisotopic (exact) mass is 416 g/mol. The highest BCUT2D eigenvalue weighted by atomic mass is 35.5. The highest BCUT2D eigenvalue weighted by Gasteiger charge is 2.33. The van der Waals surface area contributed by atoms with Gasteiger partial charge in [0, 0.05) is 11.7 Å². The minimum atomic E-state index is -3.06. The van der Waals surface area contributed by atoms with Gasteiger partial charge in [-0.3, -0.25) is 9.69 Å². The molecular weight excluding hydrogens is 399 g/mol. The Morgan fingerprint density at radius 2 is 2.08 bits per heavy atom. The largest absolute Gasteiger partial charge is 0.468 e. The van der Waals surface area contributed by atoms with Crippen molar-refractivity contribution in [3.63, 3.8) is 0 Å². The fourth-order valence-electron chi connectivity index (χ4n) is 2.94. The van der Waals surface area contributed by atoms with Gasteiger partial charge < -0.3 is 9.73 Å². The highest BCUT2D eigenvalue weighted by Crippen LogP contribution is 2.25. The van der Waals surface area contributed by atoms with Crippen LogP contribution >= 0.6 is 23.2 Å². The second-order valence-electron chi connectivity index (χ2n) is 6.22. The molecule has 9 heteroatoms. The number of halogens is 2. The van der Waals surface area contributed by atoms with Crippen LogP contribution in [0, 0.1) is 0 Å². The van der Waals surface area contributed by atoms with E-state index in [9.17, 15) is 13.2 Å². The number of nitrogens with zero attached hydrogens (tertiary/aromatic N) is 1. The molecule has 6 nitrogen and oxygen atoms in total. The van der Waals surface area contributed by atoms with Gasteiger partial charge in [-0.05, 0) is 36.8 Å². The summed E-state index contributed by atoms with van der Waals surface area (Å²) in [6, 6.07) is 8.16. The lowest BCUT2D eigenvalue weighted by Crippen LogP contribution is -2.41. The number of hydrogen-bond acceptors (Lipinski definition) is 5. The zero-order valence-electron chi connectivity index (χ0n) is 13.8. The van der Waals surface area contributed by atoms with Gasteiger partial charge in [0.2, 0.25) is 5.91 Å². The average Bonchev–Trinajstić information content (AvgIpc) is 3.19. The predicted molar refractivity (Wildman–Crippen MR) is 101 cm³/mol. The van der Waals surface area contributed by atoms with E-state index in [2.05, 4.69) is 5.32 Å². The lowest BCUT2D eigenvalue weighted by molar-refractivity contribution is -0.118. The summed E-state index contributed by atoms with van der Waals surface area (Å²) in [4.78, 5) is 14.3. The number of carbonyl (C=O) groups excluding carboxylic acids is 1. The molecule has 1 amide bonds. The minimum absolute atomic E-state index is 0.0428. The first kappa shape index (κ1) is 19.2. The van der Waals surface area contributed by atoms with E-state index >= 15 is 0 Å². The van der Waals surface area contributed by atoms with Crippen LogP contribution in [0.4, 0.5) is 5.69 Å². The molecule has 26 heavy (non-hydrogen) atoms. The summed E-state index contributed by atoms with van der Waals surface area (Å²) in [5.74, 6) is 0.602. The zero-order chi connectivity index (χ0) is 18.7. The molecule has 0 aliphatic carbocycles. The molecule has 140 valence electrons. The summed E-state index contributed by atoms with van der Waals surface area (Å²) in [5, 5.41) is 3.51. The van der Waals surface area contributed by atoms with E-state index in [0.29, 0.717) is 34.5 Å². The number of sulfone groups is 1. The first-order chi connectivity index (χ1) is 12.3. The van der Waals surface area contributed by atoms with E-state index < -0.39 is 9.84 Å². The van der Waals surface area contributed by atoms with Crippen molar-refractivity contribution in [3.05, 3.63) is 52.4 Å². The van der Waals surface area contributed by atoms with Crippen molar-refractivity contribution < 1.29 is 17.6 Å². The van der Waals surface area contributed by atoms with Gasteiger partial charge in [-0.2, -0.15) is 0 Å². The molecule has 0 bridgehead atoms. The van der Waals surface area contributed by atoms with Crippen LogP contribution < -0.4 is 5.32 Å². The number of benzene rings is 1. The van der Waals surface area contributed by atoms with Crippen LogP contribution in [-0.4, -0.2) is 43.3 Å². The number of furan rings is 1. The molecule has 0 radical (unpaired) electrons. The Bertz CT molecular complexity index is 884. The summed E-state index contributed by atoms with van der Waals surface area (Å²) < 4.78 is 29.0. The first-order valence-corrected chi connectivity index (χ1v) is 10.6. The van der Waals surface area contributed by atoms with Crippen LogP contribution in [0.25, 0.3) is 0 Å². The Morgan fingerprint density at radius 3 is 2.69 bits per heavy atom. The second kappa shape index (κ2) is 8.00. The molecule has 1 N–H and O–H groups in total. The maximum atomic E-state index is 12.5. The van der Waals surface area contributed by atoms with Crippen molar-refractivity contribution in [3.8, 4) is 0 Å². The Hall–Kier alpha value is -1.54. The molecule has 1 aliphatic rings. The topological polar surface area (TPSA) is 79.6 Å². The molecule has 2 heterocycles. The quantitative estimate of drug-likeness (QED) is 0.781. The minimum Gasteiger partial charge on any atom is -0.468 e. The molecule has 1 aromatic carbocycles. The molecule has 1 saturated heterocycles. The van der Waals surface area contributed by atoms with Crippen molar-refractivity contribution in [2.75, 3.05) is 23.4 Å². The Kier molecular flexibility index (Phi) is 5.92. The summed E-state index contributed by atoms with van der Waals surface area (Å²) in [5.41, 5.74) is 0.529. The maximum Gasteiger partial charge on any atom is 0.238 e. The van der Waals surface area contributed by atoms with Gasteiger partial charge in [0.25, 0.3) is 0 Å². The van der Waals surface area contributed by atoms with Crippen LogP contribution in [0.15, 0.2) is 41.0 Å². The molecule has 2 aromatic rings. The van der Waals surface area contributed by atoms with E-state index in [0.717, 1.165) is 0 Å². The van der Waals surface area contributed by atoms with E-state index in [1.54, 1.807) is 36.6 Å². The summed E-state index contributed by atoms with van der Waals surface area (Å²) in [6.45, 7) is 0.406. The van der Waals surface area contributed by atoms with E-state index in [1.807, 2.05) is 4.90 Å². The Balaban J connectivity index is 1.69. The van der Waals surface area contributed by atoms with Gasteiger partial charge in [0.05, 0.1) is 40.9 Å². The van der Waals surface area contributed by atoms with Crippen LogP contribution in [0.3, 0.4) is 0 Å². The third kappa shape index (κ3) is 5.01. The molecule has 3 rings (SSSR count). The van der Waals surface area contributed by atoms with E-state index in [4.69, 9.17) is 27.6 Å². The normalized spacial score (nSPS) is 19.0. The van der Waals surface area contributed by atoms with Crippen molar-refractivity contribution in [1.82, 2.24) is 4.90 Å². The molecule has 1 fully saturated rings. The molecule has 0 spiro atoms. The Morgan fingerprint density at radius 1 is 1.27 bits per heavy atom. The summed E-state index contributed by atoms with van der Waals surface area (Å²) >= 11 is 11.8. The van der Waals surface area contributed by atoms with E-state index in [1.165, 1.54) is 0 Å². The first-order valence-electron chi connectivity index (χ1n) is 8.04. The fourth-order valence-corrected chi connectivity index (χ4v) is 5.00. The third-order valence-corrected chi connectivity index (χ3v) is 6.70. The molecular formula is C17H18Cl2N2O4S. The molecule has 1 atom stereocenters. The fraction of sp³-hybridized carbons (Fsp3) is 0.353. The van der Waals surface area contributed by atoms with Crippen LogP contribution in [0.5, 0.6) is 0 Å². The zero-order valence-corrected chi connectivity index (χ0v) is 16.1. The number of hydrogen-bond donors (Lipinski definition) is 1. The van der Waals surface area contributed by atoms with Crippen molar-refractivity contribution in [1.29, 1.82) is 0 Å². The maximum absolute atomic E-state index is 12.5. The van der Waals surface area contributed by atoms with Crippen molar-refractivity contribution in [2.45, 2.75) is 19.0 Å². The lowest BCUT2D eigenvalue weighted by atomic mass is 10.2. The van der Waals surface area contributed by atoms with Crippen molar-refractivity contribution in [2.24, 2.45) is 0 Å². The second-order valence-corrected chi connectivity index (χ2v) is 9.26. The van der Waals surface area contributed by atoms with Crippen molar-refractivity contribution >= 4 is 44.6 Å². The van der Waals surface area contributed by atoms with Crippen LogP contribution in [0.1, 0.15) is 12.2 Å². The van der Waals surface area contributed by atoms with Gasteiger partial charge in [-0.25, -0.2) is 8.42 Å². The number of carbonyl (C=O) groups is 1. The SMILES string of the molecule is O=C(CN(Cc1ccco1)C1CCS(=O)(=O)C1)Nc1ccc(Cl)c(Cl)c1. The number of nitrogens with one attached hydrogen (secondary N) is 1. The third-order valence-electron chi connectivity index (χ3n) is 4.21. The Labute approximate surface area is 162 Å². The number of anilines is 1. The van der Waals surface area contributed by atoms with Crippen LogP contribution in [0.2, 0.25) is 10.0 Å². The smallest absolute Gasteiger partial charge is 0.238 e.